The van der Waals surface area contributed by atoms with Crippen LogP contribution in [-0.4, -0.2) is 26.7 Å². The van der Waals surface area contributed by atoms with Gasteiger partial charge in [0.25, 0.3) is 0 Å². The maximum Gasteiger partial charge on any atom is 0.245 e. The van der Waals surface area contributed by atoms with E-state index in [0.29, 0.717) is 19.4 Å². The molecule has 0 aromatic heterocycles. The highest BCUT2D eigenvalue weighted by atomic mass is 32.2. The standard InChI is InChI=1S/C13H19FN2O3S/c1-13(2)8-9(6-7-19-13)16-20(17,18)12-10(14)4-3-5-11(12)15/h3-5,9,16H,6-8,15H2,1-2H3. The smallest absolute Gasteiger partial charge is 0.245 e. The zero-order valence-corrected chi connectivity index (χ0v) is 12.3. The topological polar surface area (TPSA) is 81.4 Å². The number of sulfonamides is 1. The van der Waals surface area contributed by atoms with E-state index in [0.717, 1.165) is 6.07 Å². The van der Waals surface area contributed by atoms with Crippen LogP contribution in [0.5, 0.6) is 0 Å². The first-order valence-corrected chi connectivity index (χ1v) is 7.90. The molecule has 1 heterocycles. The summed E-state index contributed by atoms with van der Waals surface area (Å²) < 4.78 is 46.3. The molecule has 1 aliphatic heterocycles. The Bertz CT molecular complexity index is 581. The van der Waals surface area contributed by atoms with E-state index < -0.39 is 26.3 Å². The first-order chi connectivity index (χ1) is 9.21. The van der Waals surface area contributed by atoms with Crippen molar-refractivity contribution in [2.45, 2.75) is 43.2 Å². The van der Waals surface area contributed by atoms with E-state index in [1.54, 1.807) is 0 Å². The molecule has 2 rings (SSSR count). The summed E-state index contributed by atoms with van der Waals surface area (Å²) in [4.78, 5) is -0.482. The summed E-state index contributed by atoms with van der Waals surface area (Å²) in [6.45, 7) is 4.25. The summed E-state index contributed by atoms with van der Waals surface area (Å²) in [6, 6.07) is 3.54. The molecule has 0 spiro atoms. The molecule has 0 amide bonds. The quantitative estimate of drug-likeness (QED) is 0.832. The third kappa shape index (κ3) is 3.28. The van der Waals surface area contributed by atoms with Crippen molar-refractivity contribution in [3.8, 4) is 0 Å². The van der Waals surface area contributed by atoms with E-state index >= 15 is 0 Å². The molecule has 7 heteroatoms. The van der Waals surface area contributed by atoms with E-state index in [1.165, 1.54) is 12.1 Å². The second-order valence-corrected chi connectivity index (χ2v) is 7.23. The summed E-state index contributed by atoms with van der Waals surface area (Å²) in [5.41, 5.74) is 5.09. The van der Waals surface area contributed by atoms with Gasteiger partial charge in [-0.1, -0.05) is 6.07 Å². The van der Waals surface area contributed by atoms with Crippen LogP contribution in [0.4, 0.5) is 10.1 Å². The zero-order valence-electron chi connectivity index (χ0n) is 11.5. The predicted molar refractivity (Wildman–Crippen MR) is 74.2 cm³/mol. The fourth-order valence-corrected chi connectivity index (χ4v) is 3.88. The van der Waals surface area contributed by atoms with Crippen LogP contribution in [0.2, 0.25) is 0 Å². The molecule has 5 nitrogen and oxygen atoms in total. The van der Waals surface area contributed by atoms with Crippen LogP contribution in [0.3, 0.4) is 0 Å². The van der Waals surface area contributed by atoms with Crippen LogP contribution in [0, 0.1) is 5.82 Å². The monoisotopic (exact) mass is 302 g/mol. The minimum absolute atomic E-state index is 0.0937. The van der Waals surface area contributed by atoms with Crippen molar-refractivity contribution < 1.29 is 17.5 Å². The van der Waals surface area contributed by atoms with Gasteiger partial charge in [-0.15, -0.1) is 0 Å². The van der Waals surface area contributed by atoms with Crippen LogP contribution in [0.25, 0.3) is 0 Å². The summed E-state index contributed by atoms with van der Waals surface area (Å²) >= 11 is 0. The van der Waals surface area contributed by atoms with Gasteiger partial charge in [0.15, 0.2) is 0 Å². The molecule has 0 aliphatic carbocycles. The highest BCUT2D eigenvalue weighted by Gasteiger charge is 2.33. The highest BCUT2D eigenvalue weighted by Crippen LogP contribution is 2.27. The van der Waals surface area contributed by atoms with E-state index in [4.69, 9.17) is 10.5 Å². The minimum Gasteiger partial charge on any atom is -0.398 e. The number of anilines is 1. The van der Waals surface area contributed by atoms with Crippen molar-refractivity contribution in [2.75, 3.05) is 12.3 Å². The Morgan fingerprint density at radius 1 is 1.45 bits per heavy atom. The van der Waals surface area contributed by atoms with Crippen molar-refractivity contribution in [1.82, 2.24) is 4.72 Å². The Morgan fingerprint density at radius 3 is 2.75 bits per heavy atom. The molecule has 20 heavy (non-hydrogen) atoms. The molecule has 1 aromatic rings. The van der Waals surface area contributed by atoms with Gasteiger partial charge >= 0.3 is 0 Å². The van der Waals surface area contributed by atoms with Crippen LogP contribution < -0.4 is 10.5 Å². The SMILES string of the molecule is CC1(C)CC(NS(=O)(=O)c2c(N)cccc2F)CCO1. The lowest BCUT2D eigenvalue weighted by Crippen LogP contribution is -2.45. The van der Waals surface area contributed by atoms with E-state index in [1.807, 2.05) is 13.8 Å². The normalized spacial score (nSPS) is 22.6. The predicted octanol–water partition coefficient (Wildman–Crippen LogP) is 1.64. The van der Waals surface area contributed by atoms with Crippen molar-refractivity contribution in [2.24, 2.45) is 0 Å². The summed E-state index contributed by atoms with van der Waals surface area (Å²) in [6.07, 6.45) is 1.08. The van der Waals surface area contributed by atoms with Crippen molar-refractivity contribution in [3.63, 3.8) is 0 Å². The van der Waals surface area contributed by atoms with Gasteiger partial charge < -0.3 is 10.5 Å². The lowest BCUT2D eigenvalue weighted by atomic mass is 9.95. The van der Waals surface area contributed by atoms with Crippen LogP contribution >= 0.6 is 0 Å². The number of nitrogen functional groups attached to an aromatic ring is 1. The molecule has 1 aliphatic rings. The molecule has 1 saturated heterocycles. The second-order valence-electron chi connectivity index (χ2n) is 5.58. The third-order valence-corrected chi connectivity index (χ3v) is 4.90. The van der Waals surface area contributed by atoms with E-state index in [-0.39, 0.29) is 11.7 Å². The minimum atomic E-state index is -3.98. The number of hydrogen-bond acceptors (Lipinski definition) is 4. The van der Waals surface area contributed by atoms with Gasteiger partial charge in [0, 0.05) is 12.6 Å². The third-order valence-electron chi connectivity index (χ3n) is 3.29. The van der Waals surface area contributed by atoms with Gasteiger partial charge in [0.2, 0.25) is 10.0 Å². The Kier molecular flexibility index (Phi) is 4.04. The average molecular weight is 302 g/mol. The number of nitrogens with one attached hydrogen (secondary N) is 1. The van der Waals surface area contributed by atoms with Crippen molar-refractivity contribution in [3.05, 3.63) is 24.0 Å². The summed E-state index contributed by atoms with van der Waals surface area (Å²) in [5.74, 6) is -0.844. The van der Waals surface area contributed by atoms with Crippen LogP contribution in [0.15, 0.2) is 23.1 Å². The molecule has 3 N–H and O–H groups in total. The summed E-state index contributed by atoms with van der Waals surface area (Å²) in [5, 5.41) is 0. The van der Waals surface area contributed by atoms with Gasteiger partial charge in [-0.25, -0.2) is 17.5 Å². The molecule has 1 unspecified atom stereocenters. The largest absolute Gasteiger partial charge is 0.398 e. The number of benzene rings is 1. The summed E-state index contributed by atoms with van der Waals surface area (Å²) in [7, 11) is -3.98. The molecule has 0 saturated carbocycles. The molecule has 1 fully saturated rings. The van der Waals surface area contributed by atoms with E-state index in [9.17, 15) is 12.8 Å². The Balaban J connectivity index is 2.24. The Morgan fingerprint density at radius 2 is 2.15 bits per heavy atom. The number of hydrogen-bond donors (Lipinski definition) is 2. The first-order valence-electron chi connectivity index (χ1n) is 6.41. The molecule has 0 radical (unpaired) electrons. The van der Waals surface area contributed by atoms with Crippen LogP contribution in [0.1, 0.15) is 26.7 Å². The maximum atomic E-state index is 13.7. The van der Waals surface area contributed by atoms with Gasteiger partial charge in [-0.3, -0.25) is 0 Å². The van der Waals surface area contributed by atoms with Crippen molar-refractivity contribution >= 4 is 15.7 Å². The second kappa shape index (κ2) is 5.31. The first kappa shape index (κ1) is 15.2. The lowest BCUT2D eigenvalue weighted by molar-refractivity contribution is -0.0599. The Hall–Kier alpha value is -1.18. The molecular weight excluding hydrogens is 283 g/mol. The van der Waals surface area contributed by atoms with Crippen LogP contribution in [-0.2, 0) is 14.8 Å². The van der Waals surface area contributed by atoms with Gasteiger partial charge in [-0.05, 0) is 38.8 Å². The van der Waals surface area contributed by atoms with Gasteiger partial charge in [-0.2, -0.15) is 0 Å². The number of halogens is 1. The van der Waals surface area contributed by atoms with E-state index in [2.05, 4.69) is 4.72 Å². The lowest BCUT2D eigenvalue weighted by Gasteiger charge is -2.35. The van der Waals surface area contributed by atoms with Crippen molar-refractivity contribution in [1.29, 1.82) is 0 Å². The fraction of sp³-hybridized carbons (Fsp3) is 0.538. The Labute approximate surface area is 118 Å². The van der Waals surface area contributed by atoms with Gasteiger partial charge in [0.05, 0.1) is 11.3 Å². The zero-order chi connectivity index (χ0) is 15.0. The molecule has 1 atom stereocenters. The van der Waals surface area contributed by atoms with Gasteiger partial charge in [0.1, 0.15) is 10.7 Å². The molecule has 0 bridgehead atoms. The maximum absolute atomic E-state index is 13.7. The molecular formula is C13H19FN2O3S. The molecule has 112 valence electrons. The highest BCUT2D eigenvalue weighted by molar-refractivity contribution is 7.89. The number of ether oxygens (including phenoxy) is 1. The number of nitrogens with two attached hydrogens (primary N) is 1. The molecule has 1 aromatic carbocycles. The number of rotatable bonds is 3. The average Bonchev–Trinajstić information content (AvgIpc) is 2.25. The fourth-order valence-electron chi connectivity index (χ4n) is 2.42.